The van der Waals surface area contributed by atoms with E-state index in [2.05, 4.69) is 16.1 Å². The number of hydrogen-bond acceptors (Lipinski definition) is 5. The zero-order valence-electron chi connectivity index (χ0n) is 19.4. The summed E-state index contributed by atoms with van der Waals surface area (Å²) in [5.74, 6) is 0.0161. The van der Waals surface area contributed by atoms with Gasteiger partial charge in [0.25, 0.3) is 5.91 Å². The molecule has 1 amide bonds. The van der Waals surface area contributed by atoms with Crippen LogP contribution in [0.5, 0.6) is 0 Å². The Morgan fingerprint density at radius 3 is 2.50 bits per heavy atom. The van der Waals surface area contributed by atoms with Gasteiger partial charge in [-0.25, -0.2) is 4.98 Å². The van der Waals surface area contributed by atoms with Crippen molar-refractivity contribution in [2.75, 3.05) is 31.1 Å². The van der Waals surface area contributed by atoms with E-state index in [4.69, 9.17) is 10.2 Å². The van der Waals surface area contributed by atoms with E-state index in [-0.39, 0.29) is 5.91 Å². The summed E-state index contributed by atoms with van der Waals surface area (Å²) in [6, 6.07) is 21.7. The van der Waals surface area contributed by atoms with E-state index in [0.717, 1.165) is 53.2 Å². The van der Waals surface area contributed by atoms with Crippen molar-refractivity contribution < 1.29 is 4.79 Å². The molecule has 2 aromatic heterocycles. The molecule has 0 atom stereocenters. The fourth-order valence-electron chi connectivity index (χ4n) is 4.67. The van der Waals surface area contributed by atoms with E-state index in [1.807, 2.05) is 79.5 Å². The second-order valence-corrected chi connectivity index (χ2v) is 8.62. The van der Waals surface area contributed by atoms with Crippen LogP contribution in [-0.4, -0.2) is 51.8 Å². The van der Waals surface area contributed by atoms with Crippen LogP contribution in [0.25, 0.3) is 22.3 Å². The summed E-state index contributed by atoms with van der Waals surface area (Å²) >= 11 is 0. The predicted octanol–water partition coefficient (Wildman–Crippen LogP) is 4.17. The van der Waals surface area contributed by atoms with Crippen molar-refractivity contribution >= 4 is 22.6 Å². The molecule has 0 radical (unpaired) electrons. The first-order valence-electron chi connectivity index (χ1n) is 11.5. The number of aryl methyl sites for hydroxylation is 2. The second-order valence-electron chi connectivity index (χ2n) is 8.62. The number of amides is 1. The lowest BCUT2D eigenvalue weighted by atomic mass is 10.0. The Balaban J connectivity index is 1.46. The number of benzene rings is 2. The molecule has 0 unspecified atom stereocenters. The van der Waals surface area contributed by atoms with Crippen LogP contribution in [0.2, 0.25) is 0 Å². The summed E-state index contributed by atoms with van der Waals surface area (Å²) in [5.41, 5.74) is 5.65. The van der Waals surface area contributed by atoms with E-state index >= 15 is 0 Å². The van der Waals surface area contributed by atoms with Gasteiger partial charge in [0.15, 0.2) is 5.65 Å². The third-order valence-electron chi connectivity index (χ3n) is 6.41. The highest BCUT2D eigenvalue weighted by molar-refractivity contribution is 6.07. The van der Waals surface area contributed by atoms with Crippen molar-refractivity contribution in [1.29, 1.82) is 5.26 Å². The molecule has 1 fully saturated rings. The van der Waals surface area contributed by atoms with Crippen LogP contribution in [0, 0.1) is 18.3 Å². The highest BCUT2D eigenvalue weighted by Crippen LogP contribution is 2.28. The lowest BCUT2D eigenvalue weighted by Crippen LogP contribution is -2.35. The third kappa shape index (κ3) is 3.99. The van der Waals surface area contributed by atoms with E-state index < -0.39 is 0 Å². The maximum Gasteiger partial charge on any atom is 0.254 e. The van der Waals surface area contributed by atoms with Gasteiger partial charge in [-0.15, -0.1) is 0 Å². The Bertz CT molecular complexity index is 1380. The van der Waals surface area contributed by atoms with Gasteiger partial charge >= 0.3 is 0 Å². The van der Waals surface area contributed by atoms with Crippen LogP contribution in [0.15, 0.2) is 60.7 Å². The third-order valence-corrected chi connectivity index (χ3v) is 6.41. The number of carbonyl (C=O) groups is 1. The standard InChI is InChI=1S/C27H26N6O/c1-19-25-23(17-24(21-7-4-3-5-8-21)29-26(25)31(2)30-19)27(34)33-14-6-13-32(15-16-33)22-11-9-20(18-28)10-12-22/h3-5,7-12,17H,6,13-16H2,1-2H3. The fraction of sp³-hybridized carbons (Fsp3) is 0.259. The van der Waals surface area contributed by atoms with E-state index in [0.29, 0.717) is 24.2 Å². The molecule has 2 aromatic carbocycles. The SMILES string of the molecule is Cc1nn(C)c2nc(-c3ccccc3)cc(C(=O)N3CCCN(c4ccc(C#N)cc4)CC3)c12. The first-order valence-corrected chi connectivity index (χ1v) is 11.5. The van der Waals surface area contributed by atoms with Crippen LogP contribution in [0.1, 0.15) is 28.0 Å². The molecule has 1 aliphatic rings. The highest BCUT2D eigenvalue weighted by Gasteiger charge is 2.25. The molecular weight excluding hydrogens is 424 g/mol. The van der Waals surface area contributed by atoms with Gasteiger partial charge in [0.2, 0.25) is 0 Å². The van der Waals surface area contributed by atoms with Crippen LogP contribution < -0.4 is 4.90 Å². The molecule has 0 saturated carbocycles. The van der Waals surface area contributed by atoms with Gasteiger partial charge in [0, 0.05) is 44.5 Å². The van der Waals surface area contributed by atoms with Crippen LogP contribution >= 0.6 is 0 Å². The molecule has 1 saturated heterocycles. The van der Waals surface area contributed by atoms with Gasteiger partial charge in [0.1, 0.15) is 0 Å². The number of nitrogens with zero attached hydrogens (tertiary/aromatic N) is 6. The zero-order chi connectivity index (χ0) is 23.7. The minimum absolute atomic E-state index is 0.0161. The molecule has 1 aliphatic heterocycles. The number of aromatic nitrogens is 3. The summed E-state index contributed by atoms with van der Waals surface area (Å²) in [6.45, 7) is 4.85. The molecule has 34 heavy (non-hydrogen) atoms. The normalized spacial score (nSPS) is 14.1. The quantitative estimate of drug-likeness (QED) is 0.468. The smallest absolute Gasteiger partial charge is 0.254 e. The Labute approximate surface area is 198 Å². The summed E-state index contributed by atoms with van der Waals surface area (Å²) < 4.78 is 1.75. The first-order chi connectivity index (χ1) is 16.5. The van der Waals surface area contributed by atoms with Crippen molar-refractivity contribution in [3.63, 3.8) is 0 Å². The van der Waals surface area contributed by atoms with Gasteiger partial charge in [-0.3, -0.25) is 9.48 Å². The Hall–Kier alpha value is -4.18. The van der Waals surface area contributed by atoms with E-state index in [9.17, 15) is 4.79 Å². The maximum atomic E-state index is 13.8. The average molecular weight is 451 g/mol. The molecule has 170 valence electrons. The molecule has 0 bridgehead atoms. The van der Waals surface area contributed by atoms with Gasteiger partial charge in [-0.1, -0.05) is 30.3 Å². The van der Waals surface area contributed by atoms with Crippen LogP contribution in [0.4, 0.5) is 5.69 Å². The molecule has 4 aromatic rings. The topological polar surface area (TPSA) is 78.1 Å². The summed E-state index contributed by atoms with van der Waals surface area (Å²) in [6.07, 6.45) is 0.873. The predicted molar refractivity (Wildman–Crippen MR) is 133 cm³/mol. The summed E-state index contributed by atoms with van der Waals surface area (Å²) in [5, 5.41) is 14.4. The number of carbonyl (C=O) groups excluding carboxylic acids is 1. The van der Waals surface area contributed by atoms with Crippen LogP contribution in [0.3, 0.4) is 0 Å². The second kappa shape index (κ2) is 8.99. The molecule has 7 heteroatoms. The molecule has 7 nitrogen and oxygen atoms in total. The number of nitriles is 1. The van der Waals surface area contributed by atoms with Crippen molar-refractivity contribution in [2.24, 2.45) is 7.05 Å². The number of rotatable bonds is 3. The molecule has 0 spiro atoms. The van der Waals surface area contributed by atoms with Crippen molar-refractivity contribution in [1.82, 2.24) is 19.7 Å². The van der Waals surface area contributed by atoms with Gasteiger partial charge < -0.3 is 9.80 Å². The Morgan fingerprint density at radius 1 is 1.00 bits per heavy atom. The maximum absolute atomic E-state index is 13.8. The minimum Gasteiger partial charge on any atom is -0.370 e. The largest absolute Gasteiger partial charge is 0.370 e. The average Bonchev–Trinajstić information content (AvgIpc) is 3.04. The number of anilines is 1. The molecule has 0 N–H and O–H groups in total. The molecular formula is C27H26N6O. The Kier molecular flexibility index (Phi) is 5.72. The van der Waals surface area contributed by atoms with E-state index in [1.165, 1.54) is 0 Å². The minimum atomic E-state index is 0.0161. The van der Waals surface area contributed by atoms with Gasteiger partial charge in [-0.05, 0) is 43.7 Å². The molecule has 5 rings (SSSR count). The highest BCUT2D eigenvalue weighted by atomic mass is 16.2. The lowest BCUT2D eigenvalue weighted by Gasteiger charge is -2.24. The van der Waals surface area contributed by atoms with Gasteiger partial charge in [-0.2, -0.15) is 10.4 Å². The lowest BCUT2D eigenvalue weighted by molar-refractivity contribution is 0.0769. The van der Waals surface area contributed by atoms with Gasteiger partial charge in [0.05, 0.1) is 34.0 Å². The van der Waals surface area contributed by atoms with Crippen molar-refractivity contribution in [3.05, 3.63) is 77.5 Å². The van der Waals surface area contributed by atoms with Crippen molar-refractivity contribution in [3.8, 4) is 17.3 Å². The zero-order valence-corrected chi connectivity index (χ0v) is 19.4. The first kappa shape index (κ1) is 21.7. The molecule has 3 heterocycles. The summed E-state index contributed by atoms with van der Waals surface area (Å²) in [4.78, 5) is 22.9. The number of fused-ring (bicyclic) bond motifs is 1. The fourth-order valence-corrected chi connectivity index (χ4v) is 4.67. The van der Waals surface area contributed by atoms with Crippen molar-refractivity contribution in [2.45, 2.75) is 13.3 Å². The summed E-state index contributed by atoms with van der Waals surface area (Å²) in [7, 11) is 1.87. The Morgan fingerprint density at radius 2 is 1.76 bits per heavy atom. The molecule has 0 aliphatic carbocycles. The van der Waals surface area contributed by atoms with E-state index in [1.54, 1.807) is 4.68 Å². The monoisotopic (exact) mass is 450 g/mol. The van der Waals surface area contributed by atoms with Crippen LogP contribution in [-0.2, 0) is 7.05 Å². The number of hydrogen-bond donors (Lipinski definition) is 0. The number of pyridine rings is 1.